The van der Waals surface area contributed by atoms with E-state index in [2.05, 4.69) is 15.6 Å². The zero-order valence-electron chi connectivity index (χ0n) is 21.6. The summed E-state index contributed by atoms with van der Waals surface area (Å²) in [6.45, 7) is 1.51. The van der Waals surface area contributed by atoms with E-state index in [1.807, 2.05) is 0 Å². The van der Waals surface area contributed by atoms with Crippen LogP contribution in [0.25, 0.3) is 0 Å². The number of guanidine groups is 1. The summed E-state index contributed by atoms with van der Waals surface area (Å²) < 4.78 is 0. The second kappa shape index (κ2) is 17.5. The molecule has 13 N–H and O–H groups in total. The van der Waals surface area contributed by atoms with Gasteiger partial charge in [-0.3, -0.25) is 19.4 Å². The minimum atomic E-state index is -1.19. The molecule has 4 atom stereocenters. The number of nitrogens with one attached hydrogen (secondary N) is 2. The molecule has 14 heteroatoms. The highest BCUT2D eigenvalue weighted by atomic mass is 16.4. The van der Waals surface area contributed by atoms with Crippen molar-refractivity contribution < 1.29 is 24.3 Å². The van der Waals surface area contributed by atoms with E-state index in [1.165, 1.54) is 4.90 Å². The zero-order valence-corrected chi connectivity index (χ0v) is 21.6. The van der Waals surface area contributed by atoms with Crippen molar-refractivity contribution in [2.45, 2.75) is 88.4 Å². The van der Waals surface area contributed by atoms with Gasteiger partial charge < -0.3 is 49.3 Å². The van der Waals surface area contributed by atoms with Gasteiger partial charge in [-0.1, -0.05) is 6.42 Å². The lowest BCUT2D eigenvalue weighted by Crippen LogP contribution is -2.56. The molecule has 0 aliphatic carbocycles. The van der Waals surface area contributed by atoms with Crippen LogP contribution in [0, 0.1) is 0 Å². The lowest BCUT2D eigenvalue weighted by Gasteiger charge is -2.30. The summed E-state index contributed by atoms with van der Waals surface area (Å²) in [7, 11) is 0. The van der Waals surface area contributed by atoms with Crippen molar-refractivity contribution >= 4 is 29.7 Å². The summed E-state index contributed by atoms with van der Waals surface area (Å²) in [5.74, 6) is -2.66. The van der Waals surface area contributed by atoms with Crippen LogP contribution in [0.1, 0.15) is 64.2 Å². The van der Waals surface area contributed by atoms with Crippen molar-refractivity contribution in [1.82, 2.24) is 15.5 Å². The third kappa shape index (κ3) is 11.7. The SMILES string of the molecule is NCCCCC(N)C(=O)NC(CCCCN)C(=O)N1CCCC1C(=O)NC(CCCN=C(N)N)C(=O)O. The molecule has 14 nitrogen and oxygen atoms in total. The summed E-state index contributed by atoms with van der Waals surface area (Å²) in [6, 6.07) is -3.61. The van der Waals surface area contributed by atoms with Crippen LogP contribution in [0.3, 0.4) is 0 Å². The van der Waals surface area contributed by atoms with E-state index in [0.29, 0.717) is 71.0 Å². The molecule has 1 saturated heterocycles. The van der Waals surface area contributed by atoms with Gasteiger partial charge in [0, 0.05) is 13.1 Å². The van der Waals surface area contributed by atoms with Crippen LogP contribution in [0.2, 0.25) is 0 Å². The lowest BCUT2D eigenvalue weighted by molar-refractivity contribution is -0.145. The van der Waals surface area contributed by atoms with Crippen molar-refractivity contribution in [3.05, 3.63) is 0 Å². The van der Waals surface area contributed by atoms with Crippen LogP contribution in [-0.4, -0.2) is 90.0 Å². The van der Waals surface area contributed by atoms with Crippen molar-refractivity contribution in [1.29, 1.82) is 0 Å². The number of carbonyl (C=O) groups excluding carboxylic acids is 3. The number of nitrogens with two attached hydrogens (primary N) is 5. The fraction of sp³-hybridized carbons (Fsp3) is 0.783. The molecule has 0 saturated carbocycles. The first kappa shape index (κ1) is 32.1. The molecule has 37 heavy (non-hydrogen) atoms. The second-order valence-electron chi connectivity index (χ2n) is 9.27. The number of carbonyl (C=O) groups is 4. The van der Waals surface area contributed by atoms with Gasteiger partial charge in [-0.25, -0.2) is 4.79 Å². The van der Waals surface area contributed by atoms with Gasteiger partial charge in [0.15, 0.2) is 5.96 Å². The van der Waals surface area contributed by atoms with E-state index < -0.39 is 47.9 Å². The monoisotopic (exact) mass is 527 g/mol. The minimum absolute atomic E-state index is 0.0966. The van der Waals surface area contributed by atoms with Crippen molar-refractivity contribution in [2.75, 3.05) is 26.2 Å². The number of amides is 3. The smallest absolute Gasteiger partial charge is 0.326 e. The Labute approximate surface area is 218 Å². The lowest BCUT2D eigenvalue weighted by atomic mass is 10.0. The summed E-state index contributed by atoms with van der Waals surface area (Å²) >= 11 is 0. The Morgan fingerprint density at radius 2 is 1.54 bits per heavy atom. The predicted molar refractivity (Wildman–Crippen MR) is 140 cm³/mol. The average Bonchev–Trinajstić information content (AvgIpc) is 3.34. The summed E-state index contributed by atoms with van der Waals surface area (Å²) in [4.78, 5) is 56.0. The van der Waals surface area contributed by atoms with E-state index in [1.54, 1.807) is 0 Å². The molecule has 3 amide bonds. The van der Waals surface area contributed by atoms with Gasteiger partial charge in [-0.2, -0.15) is 0 Å². The molecule has 4 unspecified atom stereocenters. The number of aliphatic imine (C=N–C) groups is 1. The highest BCUT2D eigenvalue weighted by Crippen LogP contribution is 2.20. The van der Waals surface area contributed by atoms with Gasteiger partial charge in [0.1, 0.15) is 18.1 Å². The Kier molecular flexibility index (Phi) is 15.1. The molecule has 1 aliphatic rings. The number of carboxylic acids is 1. The van der Waals surface area contributed by atoms with Gasteiger partial charge >= 0.3 is 5.97 Å². The number of likely N-dealkylation sites (tertiary alicyclic amines) is 1. The molecule has 0 bridgehead atoms. The van der Waals surface area contributed by atoms with Gasteiger partial charge in [0.05, 0.1) is 6.04 Å². The standard InChI is InChI=1S/C23H45N9O5/c24-11-3-1-7-15(26)19(33)30-16(8-2-4-12-25)21(35)32-14-6-10-18(32)20(34)31-17(22(36)37)9-5-13-29-23(27)28/h15-18H,1-14,24-26H2,(H,30,33)(H,31,34)(H,36,37)(H4,27,28,29). The zero-order chi connectivity index (χ0) is 27.8. The van der Waals surface area contributed by atoms with E-state index in [-0.39, 0.29) is 18.9 Å². The van der Waals surface area contributed by atoms with E-state index in [4.69, 9.17) is 28.7 Å². The molecule has 1 heterocycles. The van der Waals surface area contributed by atoms with E-state index >= 15 is 0 Å². The maximum absolute atomic E-state index is 13.5. The van der Waals surface area contributed by atoms with Crippen LogP contribution < -0.4 is 39.3 Å². The summed E-state index contributed by atoms with van der Waals surface area (Å²) in [6.07, 6.45) is 4.96. The van der Waals surface area contributed by atoms with E-state index in [0.717, 1.165) is 6.42 Å². The number of nitrogens with zero attached hydrogens (tertiary/aromatic N) is 2. The Hall–Kier alpha value is -2.97. The van der Waals surface area contributed by atoms with Crippen LogP contribution in [-0.2, 0) is 19.2 Å². The molecular formula is C23H45N9O5. The summed E-state index contributed by atoms with van der Waals surface area (Å²) in [5, 5.41) is 14.8. The van der Waals surface area contributed by atoms with E-state index in [9.17, 15) is 24.3 Å². The first-order valence-corrected chi connectivity index (χ1v) is 13.0. The van der Waals surface area contributed by atoms with Gasteiger partial charge in [-0.05, 0) is 70.9 Å². The summed E-state index contributed by atoms with van der Waals surface area (Å²) in [5.41, 5.74) is 27.6. The molecule has 0 radical (unpaired) electrons. The molecule has 0 aromatic carbocycles. The van der Waals surface area contributed by atoms with Crippen molar-refractivity contribution in [3.63, 3.8) is 0 Å². The van der Waals surface area contributed by atoms with Crippen molar-refractivity contribution in [2.24, 2.45) is 33.7 Å². The van der Waals surface area contributed by atoms with Crippen LogP contribution in [0.5, 0.6) is 0 Å². The molecule has 1 aliphatic heterocycles. The predicted octanol–water partition coefficient (Wildman–Crippen LogP) is -2.33. The molecule has 1 fully saturated rings. The molecule has 1 rings (SSSR count). The normalized spacial score (nSPS) is 17.5. The Bertz CT molecular complexity index is 776. The van der Waals surface area contributed by atoms with Crippen LogP contribution in [0.15, 0.2) is 4.99 Å². The van der Waals surface area contributed by atoms with Crippen LogP contribution in [0.4, 0.5) is 0 Å². The third-order valence-corrected chi connectivity index (χ3v) is 6.27. The first-order valence-electron chi connectivity index (χ1n) is 13.0. The average molecular weight is 528 g/mol. The maximum Gasteiger partial charge on any atom is 0.326 e. The third-order valence-electron chi connectivity index (χ3n) is 6.27. The van der Waals surface area contributed by atoms with Gasteiger partial charge in [0.25, 0.3) is 0 Å². The number of unbranched alkanes of at least 4 members (excludes halogenated alkanes) is 2. The molecular weight excluding hydrogens is 482 g/mol. The van der Waals surface area contributed by atoms with Crippen molar-refractivity contribution in [3.8, 4) is 0 Å². The van der Waals surface area contributed by atoms with Gasteiger partial charge in [0.2, 0.25) is 17.7 Å². The second-order valence-corrected chi connectivity index (χ2v) is 9.27. The fourth-order valence-electron chi connectivity index (χ4n) is 4.20. The molecule has 212 valence electrons. The molecule has 0 aromatic rings. The number of carboxylic acid groups (broad SMARTS) is 1. The first-order chi connectivity index (χ1) is 17.6. The molecule has 0 aromatic heterocycles. The highest BCUT2D eigenvalue weighted by Gasteiger charge is 2.38. The topological polar surface area (TPSA) is 258 Å². The quantitative estimate of drug-likeness (QED) is 0.0535. The maximum atomic E-state index is 13.5. The Morgan fingerprint density at radius 1 is 0.919 bits per heavy atom. The molecule has 0 spiro atoms. The minimum Gasteiger partial charge on any atom is -0.480 e. The Morgan fingerprint density at radius 3 is 2.14 bits per heavy atom. The number of aliphatic carboxylic acids is 1. The largest absolute Gasteiger partial charge is 0.480 e. The number of rotatable bonds is 18. The fourth-order valence-corrected chi connectivity index (χ4v) is 4.20. The number of hydrogen-bond donors (Lipinski definition) is 8. The van der Waals surface area contributed by atoms with Crippen LogP contribution >= 0.6 is 0 Å². The number of hydrogen-bond acceptors (Lipinski definition) is 8. The van der Waals surface area contributed by atoms with Gasteiger partial charge in [-0.15, -0.1) is 0 Å². The highest BCUT2D eigenvalue weighted by molar-refractivity contribution is 5.94. The Balaban J connectivity index is 2.86.